The van der Waals surface area contributed by atoms with Crippen LogP contribution in [0.15, 0.2) is 6.07 Å². The van der Waals surface area contributed by atoms with E-state index < -0.39 is 77.5 Å². The van der Waals surface area contributed by atoms with Gasteiger partial charge < -0.3 is 19.7 Å². The molecule has 2 heterocycles. The largest absolute Gasteiger partial charge is 0.479 e. The van der Waals surface area contributed by atoms with Crippen molar-refractivity contribution in [3.63, 3.8) is 0 Å². The predicted molar refractivity (Wildman–Crippen MR) is 104 cm³/mol. The van der Waals surface area contributed by atoms with Gasteiger partial charge in [-0.25, -0.2) is 8.78 Å². The standard InChI is InChI=1S/C21H21F3N2O7/c22-12-6-13(23)19-20(18(12)24)32-10-15(28)14(7-17(30)33-19)25-21(31)11-4-2-1-3-5-26(8-11)16(29)9-27/h6,9,11,14H,1-5,7-8,10H2,(H,25,31). The summed E-state index contributed by atoms with van der Waals surface area (Å²) in [7, 11) is 0. The lowest BCUT2D eigenvalue weighted by Gasteiger charge is -2.29. The smallest absolute Gasteiger partial charge is 0.313 e. The molecule has 2 unspecified atom stereocenters. The zero-order valence-corrected chi connectivity index (χ0v) is 17.4. The first-order valence-electron chi connectivity index (χ1n) is 10.3. The van der Waals surface area contributed by atoms with E-state index in [0.717, 1.165) is 6.42 Å². The summed E-state index contributed by atoms with van der Waals surface area (Å²) < 4.78 is 51.2. The van der Waals surface area contributed by atoms with Gasteiger partial charge in [0.25, 0.3) is 5.91 Å². The lowest BCUT2D eigenvalue weighted by molar-refractivity contribution is -0.141. The predicted octanol–water partition coefficient (Wildman–Crippen LogP) is 1.06. The number of ketones is 1. The van der Waals surface area contributed by atoms with E-state index in [2.05, 4.69) is 5.32 Å². The van der Waals surface area contributed by atoms with E-state index in [4.69, 9.17) is 9.47 Å². The van der Waals surface area contributed by atoms with E-state index in [0.29, 0.717) is 25.8 Å². The van der Waals surface area contributed by atoms with Crippen molar-refractivity contribution in [1.82, 2.24) is 10.2 Å². The number of benzene rings is 1. The number of fused-ring (bicyclic) bond motifs is 1. The number of carbonyl (C=O) groups is 5. The number of nitrogens with one attached hydrogen (secondary N) is 1. The Bertz CT molecular complexity index is 985. The van der Waals surface area contributed by atoms with Gasteiger partial charge in [0.1, 0.15) is 12.6 Å². The molecule has 0 bridgehead atoms. The third kappa shape index (κ3) is 5.68. The van der Waals surface area contributed by atoms with Crippen LogP contribution in [-0.4, -0.2) is 60.5 Å². The number of ether oxygens (including phenoxy) is 2. The van der Waals surface area contributed by atoms with Crippen molar-refractivity contribution in [2.75, 3.05) is 19.7 Å². The molecule has 0 radical (unpaired) electrons. The normalized spacial score (nSPS) is 21.7. The number of aldehydes is 1. The van der Waals surface area contributed by atoms with Gasteiger partial charge >= 0.3 is 5.97 Å². The average Bonchev–Trinajstić information content (AvgIpc) is 2.81. The van der Waals surface area contributed by atoms with Crippen molar-refractivity contribution >= 4 is 29.9 Å². The van der Waals surface area contributed by atoms with E-state index in [1.54, 1.807) is 0 Å². The molecule has 1 aromatic rings. The monoisotopic (exact) mass is 470 g/mol. The van der Waals surface area contributed by atoms with Gasteiger partial charge in [-0.3, -0.25) is 24.0 Å². The van der Waals surface area contributed by atoms with Crippen molar-refractivity contribution in [1.29, 1.82) is 0 Å². The Hall–Kier alpha value is -3.44. The molecule has 12 heteroatoms. The first-order valence-corrected chi connectivity index (χ1v) is 10.3. The van der Waals surface area contributed by atoms with Gasteiger partial charge in [0, 0.05) is 19.2 Å². The number of nitrogens with zero attached hydrogens (tertiary/aromatic N) is 1. The molecule has 0 aliphatic carbocycles. The number of rotatable bonds is 3. The Morgan fingerprint density at radius 1 is 1.09 bits per heavy atom. The number of likely N-dealkylation sites (tertiary alicyclic amines) is 1. The molecular formula is C21H21F3N2O7. The Labute approximate surface area is 186 Å². The van der Waals surface area contributed by atoms with Crippen LogP contribution in [0.3, 0.4) is 0 Å². The highest BCUT2D eigenvalue weighted by Gasteiger charge is 2.34. The number of amides is 2. The van der Waals surface area contributed by atoms with Crippen molar-refractivity contribution in [2.45, 2.75) is 38.1 Å². The van der Waals surface area contributed by atoms with Gasteiger partial charge in [0.2, 0.25) is 29.5 Å². The van der Waals surface area contributed by atoms with Crippen LogP contribution in [-0.2, 0) is 24.0 Å². The van der Waals surface area contributed by atoms with Gasteiger partial charge in [-0.1, -0.05) is 12.8 Å². The van der Waals surface area contributed by atoms with Crippen LogP contribution < -0.4 is 14.8 Å². The Morgan fingerprint density at radius 3 is 2.58 bits per heavy atom. The Balaban J connectivity index is 1.76. The number of esters is 1. The van der Waals surface area contributed by atoms with Crippen molar-refractivity contribution in [2.24, 2.45) is 5.92 Å². The fourth-order valence-electron chi connectivity index (χ4n) is 3.69. The molecule has 33 heavy (non-hydrogen) atoms. The maximum atomic E-state index is 14.0. The molecule has 3 rings (SSSR count). The zero-order chi connectivity index (χ0) is 24.1. The van der Waals surface area contributed by atoms with Crippen LogP contribution in [0.4, 0.5) is 13.2 Å². The van der Waals surface area contributed by atoms with Gasteiger partial charge in [-0.05, 0) is 12.8 Å². The first-order chi connectivity index (χ1) is 15.7. The highest BCUT2D eigenvalue weighted by Crippen LogP contribution is 2.36. The average molecular weight is 470 g/mol. The van der Waals surface area contributed by atoms with Crippen LogP contribution >= 0.6 is 0 Å². The minimum atomic E-state index is -1.64. The second-order valence-corrected chi connectivity index (χ2v) is 7.76. The second kappa shape index (κ2) is 10.5. The summed E-state index contributed by atoms with van der Waals surface area (Å²) in [5.41, 5.74) is 0. The third-order valence-corrected chi connectivity index (χ3v) is 5.44. The molecule has 1 fully saturated rings. The quantitative estimate of drug-likeness (QED) is 0.231. The minimum absolute atomic E-state index is 0.0492. The summed E-state index contributed by atoms with van der Waals surface area (Å²) in [6.45, 7) is -0.642. The molecule has 2 aliphatic heterocycles. The van der Waals surface area contributed by atoms with Gasteiger partial charge in [-0.15, -0.1) is 0 Å². The number of Topliss-reactive ketones (excluding diaryl/α,β-unsaturated/α-hetero) is 1. The molecule has 0 spiro atoms. The SMILES string of the molecule is O=CC(=O)N1CCCCCC(C(=O)NC2CC(=O)Oc3c(F)cc(F)c(F)c3OCC2=O)C1. The molecule has 1 aromatic carbocycles. The van der Waals surface area contributed by atoms with Crippen molar-refractivity contribution in [3.05, 3.63) is 23.5 Å². The van der Waals surface area contributed by atoms with Gasteiger partial charge in [0.05, 0.1) is 12.3 Å². The highest BCUT2D eigenvalue weighted by atomic mass is 19.2. The Morgan fingerprint density at radius 2 is 1.85 bits per heavy atom. The summed E-state index contributed by atoms with van der Waals surface area (Å²) >= 11 is 0. The maximum Gasteiger partial charge on any atom is 0.313 e. The van der Waals surface area contributed by atoms with E-state index in [1.165, 1.54) is 4.90 Å². The summed E-state index contributed by atoms with van der Waals surface area (Å²) in [5, 5.41) is 2.40. The van der Waals surface area contributed by atoms with E-state index in [9.17, 15) is 37.1 Å². The lowest BCUT2D eigenvalue weighted by atomic mass is 9.96. The first kappa shape index (κ1) is 24.2. The van der Waals surface area contributed by atoms with E-state index in [1.807, 2.05) is 0 Å². The Kier molecular flexibility index (Phi) is 7.67. The van der Waals surface area contributed by atoms with Crippen LogP contribution in [0.1, 0.15) is 32.1 Å². The number of hydrogen-bond acceptors (Lipinski definition) is 7. The summed E-state index contributed by atoms with van der Waals surface area (Å²) in [6, 6.07) is -1.28. The van der Waals surface area contributed by atoms with Gasteiger partial charge in [-0.2, -0.15) is 4.39 Å². The van der Waals surface area contributed by atoms with E-state index >= 15 is 0 Å². The number of halogens is 3. The maximum absolute atomic E-state index is 14.0. The molecule has 2 atom stereocenters. The van der Waals surface area contributed by atoms with Crippen LogP contribution in [0.5, 0.6) is 11.5 Å². The zero-order valence-electron chi connectivity index (χ0n) is 17.4. The summed E-state index contributed by atoms with van der Waals surface area (Å²) in [5.74, 6) is -10.9. The highest BCUT2D eigenvalue weighted by molar-refractivity contribution is 6.23. The molecule has 0 saturated carbocycles. The molecule has 9 nitrogen and oxygen atoms in total. The van der Waals surface area contributed by atoms with Crippen LogP contribution in [0, 0.1) is 23.4 Å². The molecular weight excluding hydrogens is 449 g/mol. The third-order valence-electron chi connectivity index (χ3n) is 5.44. The minimum Gasteiger partial charge on any atom is -0.479 e. The van der Waals surface area contributed by atoms with Crippen molar-refractivity contribution < 1.29 is 46.6 Å². The number of hydrogen-bond donors (Lipinski definition) is 1. The topological polar surface area (TPSA) is 119 Å². The summed E-state index contributed by atoms with van der Waals surface area (Å²) in [4.78, 5) is 61.5. The molecule has 0 aromatic heterocycles. The van der Waals surface area contributed by atoms with Gasteiger partial charge in [0.15, 0.2) is 17.4 Å². The lowest BCUT2D eigenvalue weighted by Crippen LogP contribution is -2.49. The van der Waals surface area contributed by atoms with Crippen LogP contribution in [0.25, 0.3) is 0 Å². The fourth-order valence-corrected chi connectivity index (χ4v) is 3.69. The number of carbonyl (C=O) groups excluding carboxylic acids is 5. The fraction of sp³-hybridized carbons (Fsp3) is 0.476. The van der Waals surface area contributed by atoms with Crippen LogP contribution in [0.2, 0.25) is 0 Å². The van der Waals surface area contributed by atoms with Crippen molar-refractivity contribution in [3.8, 4) is 11.5 Å². The molecule has 178 valence electrons. The molecule has 2 aliphatic rings. The van der Waals surface area contributed by atoms with E-state index in [-0.39, 0.29) is 18.9 Å². The molecule has 1 saturated heterocycles. The second-order valence-electron chi connectivity index (χ2n) is 7.76. The molecule has 1 N–H and O–H groups in total. The molecule has 2 amide bonds. The summed E-state index contributed by atoms with van der Waals surface area (Å²) in [6.07, 6.45) is 1.88.